The van der Waals surface area contributed by atoms with Gasteiger partial charge < -0.3 is 25.2 Å². The highest BCUT2D eigenvalue weighted by Crippen LogP contribution is 2.38. The smallest absolute Gasteiger partial charge is 0.237 e. The van der Waals surface area contributed by atoms with E-state index in [4.69, 9.17) is 21.1 Å². The van der Waals surface area contributed by atoms with Crippen molar-refractivity contribution in [2.24, 2.45) is 0 Å². The molecule has 1 aliphatic carbocycles. The number of aliphatic hydroxyl groups excluding tert-OH is 1. The molecule has 2 fully saturated rings. The van der Waals surface area contributed by atoms with Crippen LogP contribution in [-0.4, -0.2) is 70.9 Å². The molecule has 9 nitrogen and oxygen atoms in total. The minimum Gasteiger partial charge on any atom is -0.493 e. The second kappa shape index (κ2) is 11.3. The summed E-state index contributed by atoms with van der Waals surface area (Å²) >= 11 is 5.94. The Morgan fingerprint density at radius 3 is 2.71 bits per heavy atom. The fourth-order valence-corrected chi connectivity index (χ4v) is 5.66. The molecule has 2 atom stereocenters. The molecule has 11 heteroatoms. The predicted octanol–water partition coefficient (Wildman–Crippen LogP) is 4.05. The molecule has 1 aromatic heterocycles. The van der Waals surface area contributed by atoms with Crippen molar-refractivity contribution >= 4 is 39.9 Å². The zero-order valence-corrected chi connectivity index (χ0v) is 22.0. The molecular formula is C27H31ClFN5O4. The van der Waals surface area contributed by atoms with Gasteiger partial charge in [0.2, 0.25) is 5.91 Å². The number of ether oxygens (including phenoxy) is 2. The molecule has 0 radical (unpaired) electrons. The fraction of sp³-hybridized carbons (Fsp3) is 0.444. The number of hydrogen-bond donors (Lipinski definition) is 3. The van der Waals surface area contributed by atoms with Gasteiger partial charge in [-0.2, -0.15) is 0 Å². The van der Waals surface area contributed by atoms with Crippen LogP contribution in [0.15, 0.2) is 36.7 Å². The number of carbonyl (C=O) groups is 1. The van der Waals surface area contributed by atoms with Crippen LogP contribution in [0.3, 0.4) is 0 Å². The number of halogens is 2. The van der Waals surface area contributed by atoms with Crippen LogP contribution in [-0.2, 0) is 4.79 Å². The lowest BCUT2D eigenvalue weighted by Crippen LogP contribution is -2.48. The van der Waals surface area contributed by atoms with E-state index >= 15 is 0 Å². The van der Waals surface area contributed by atoms with Crippen LogP contribution in [0.1, 0.15) is 32.1 Å². The van der Waals surface area contributed by atoms with Gasteiger partial charge in [-0.1, -0.05) is 17.7 Å². The molecule has 2 aliphatic rings. The number of nitrogens with zero attached hydrogens (tertiary/aromatic N) is 3. The maximum atomic E-state index is 14.5. The van der Waals surface area contributed by atoms with Gasteiger partial charge >= 0.3 is 0 Å². The molecule has 0 spiro atoms. The topological polar surface area (TPSA) is 109 Å². The van der Waals surface area contributed by atoms with E-state index < -0.39 is 11.9 Å². The van der Waals surface area contributed by atoms with Crippen LogP contribution in [0.4, 0.5) is 15.9 Å². The summed E-state index contributed by atoms with van der Waals surface area (Å²) in [4.78, 5) is 23.1. The van der Waals surface area contributed by atoms with Gasteiger partial charge in [-0.05, 0) is 50.3 Å². The Kier molecular flexibility index (Phi) is 7.83. The SMILES string of the molecule is CNC(=O)[C@@H]1C[C@@H](O)CN1C1CCC(Oc2cc3c(Nc4cccc(Cl)c4F)ncnc3cc2OC)CC1. The lowest BCUT2D eigenvalue weighted by atomic mass is 9.91. The first-order valence-corrected chi connectivity index (χ1v) is 13.1. The van der Waals surface area contributed by atoms with Crippen LogP contribution >= 0.6 is 11.6 Å². The third kappa shape index (κ3) is 5.34. The number of fused-ring (bicyclic) bond motifs is 1. The van der Waals surface area contributed by atoms with Crippen molar-refractivity contribution in [3.63, 3.8) is 0 Å². The van der Waals surface area contributed by atoms with Crippen LogP contribution in [0.5, 0.6) is 11.5 Å². The van der Waals surface area contributed by atoms with Gasteiger partial charge in [0.1, 0.15) is 12.1 Å². The number of aliphatic hydroxyl groups is 1. The van der Waals surface area contributed by atoms with Gasteiger partial charge in [0, 0.05) is 31.1 Å². The average Bonchev–Trinajstić information content (AvgIpc) is 3.32. The summed E-state index contributed by atoms with van der Waals surface area (Å²) < 4.78 is 26.5. The number of nitrogens with one attached hydrogen (secondary N) is 2. The maximum Gasteiger partial charge on any atom is 0.237 e. The van der Waals surface area contributed by atoms with Gasteiger partial charge in [-0.25, -0.2) is 14.4 Å². The van der Waals surface area contributed by atoms with Crippen molar-refractivity contribution in [3.8, 4) is 11.5 Å². The Morgan fingerprint density at radius 2 is 1.97 bits per heavy atom. The lowest BCUT2D eigenvalue weighted by molar-refractivity contribution is -0.126. The zero-order chi connectivity index (χ0) is 26.8. The number of likely N-dealkylation sites (tertiary alicyclic amines) is 1. The Bertz CT molecular complexity index is 1320. The minimum atomic E-state index is -0.563. The summed E-state index contributed by atoms with van der Waals surface area (Å²) in [5, 5.41) is 16.6. The number of aromatic nitrogens is 2. The summed E-state index contributed by atoms with van der Waals surface area (Å²) in [7, 11) is 3.20. The third-order valence-electron chi connectivity index (χ3n) is 7.40. The maximum absolute atomic E-state index is 14.5. The van der Waals surface area contributed by atoms with Gasteiger partial charge in [0.05, 0.1) is 41.6 Å². The highest BCUT2D eigenvalue weighted by Gasteiger charge is 2.40. The standard InChI is InChI=1S/C27H31ClFN5O4/c1-30-27(36)22-10-16(35)13-34(22)15-6-8-17(9-7-15)38-24-11-18-21(12-23(24)37-2)31-14-32-26(18)33-20-5-3-4-19(28)25(20)29/h3-5,11-12,14-17,22,35H,6-10,13H2,1-2H3,(H,30,36)(H,31,32,33)/t15?,16-,17?,22+/m1/s1. The molecule has 1 saturated carbocycles. The fourth-order valence-electron chi connectivity index (χ4n) is 5.48. The average molecular weight is 544 g/mol. The summed E-state index contributed by atoms with van der Waals surface area (Å²) in [6.07, 6.45) is 4.62. The molecule has 1 saturated heterocycles. The van der Waals surface area contributed by atoms with E-state index in [9.17, 15) is 14.3 Å². The largest absolute Gasteiger partial charge is 0.493 e. The lowest BCUT2D eigenvalue weighted by Gasteiger charge is -2.37. The van der Waals surface area contributed by atoms with Crippen LogP contribution in [0, 0.1) is 5.82 Å². The number of anilines is 2. The number of carbonyl (C=O) groups excluding carboxylic acids is 1. The molecule has 2 heterocycles. The van der Waals surface area contributed by atoms with Crippen molar-refractivity contribution < 1.29 is 23.8 Å². The number of amides is 1. The van der Waals surface area contributed by atoms with E-state index in [1.165, 1.54) is 12.4 Å². The molecule has 0 bridgehead atoms. The zero-order valence-electron chi connectivity index (χ0n) is 21.3. The normalized spacial score (nSPS) is 23.8. The molecule has 1 aliphatic heterocycles. The molecular weight excluding hydrogens is 513 g/mol. The molecule has 3 N–H and O–H groups in total. The van der Waals surface area contributed by atoms with Crippen molar-refractivity contribution in [2.75, 3.05) is 26.0 Å². The monoisotopic (exact) mass is 543 g/mol. The summed E-state index contributed by atoms with van der Waals surface area (Å²) in [6, 6.07) is 8.22. The first-order chi connectivity index (χ1) is 18.4. The highest BCUT2D eigenvalue weighted by molar-refractivity contribution is 6.31. The van der Waals surface area contributed by atoms with Gasteiger partial charge in [-0.3, -0.25) is 9.69 Å². The number of likely N-dealkylation sites (N-methyl/N-ethyl adjacent to an activating group) is 1. The Morgan fingerprint density at radius 1 is 1.18 bits per heavy atom. The van der Waals surface area contributed by atoms with Crippen molar-refractivity contribution in [1.29, 1.82) is 0 Å². The van der Waals surface area contributed by atoms with E-state index in [0.717, 1.165) is 25.7 Å². The van der Waals surface area contributed by atoms with Gasteiger partial charge in [-0.15, -0.1) is 0 Å². The number of benzene rings is 2. The molecule has 0 unspecified atom stereocenters. The predicted molar refractivity (Wildman–Crippen MR) is 143 cm³/mol. The second-order valence-electron chi connectivity index (χ2n) is 9.73. The Balaban J connectivity index is 1.33. The first-order valence-electron chi connectivity index (χ1n) is 12.7. The van der Waals surface area contributed by atoms with Crippen LogP contribution in [0.2, 0.25) is 5.02 Å². The van der Waals surface area contributed by atoms with Gasteiger partial charge in [0.25, 0.3) is 0 Å². The van der Waals surface area contributed by atoms with E-state index in [2.05, 4.69) is 25.5 Å². The van der Waals surface area contributed by atoms with Crippen molar-refractivity contribution in [1.82, 2.24) is 20.2 Å². The third-order valence-corrected chi connectivity index (χ3v) is 7.69. The summed E-state index contributed by atoms with van der Waals surface area (Å²) in [5.41, 5.74) is 0.821. The molecule has 202 valence electrons. The highest BCUT2D eigenvalue weighted by atomic mass is 35.5. The van der Waals surface area contributed by atoms with E-state index in [1.807, 2.05) is 6.07 Å². The molecule has 5 rings (SSSR count). The van der Waals surface area contributed by atoms with Crippen LogP contribution in [0.25, 0.3) is 10.9 Å². The summed E-state index contributed by atoms with van der Waals surface area (Å²) in [5.74, 6) is 0.894. The number of methoxy groups -OCH3 is 1. The molecule has 2 aromatic carbocycles. The van der Waals surface area contributed by atoms with Crippen molar-refractivity contribution in [2.45, 2.75) is 56.4 Å². The molecule has 1 amide bonds. The van der Waals surface area contributed by atoms with E-state index in [0.29, 0.717) is 41.2 Å². The number of rotatable bonds is 7. The molecule has 38 heavy (non-hydrogen) atoms. The minimum absolute atomic E-state index is 0.0136. The summed E-state index contributed by atoms with van der Waals surface area (Å²) in [6.45, 7) is 0.510. The van der Waals surface area contributed by atoms with E-state index in [1.54, 1.807) is 32.4 Å². The number of β-amino-alcohol motifs (C(OH)–C–C–N with tert-alkyl or cyclic N) is 1. The van der Waals surface area contributed by atoms with E-state index in [-0.39, 0.29) is 34.8 Å². The second-order valence-corrected chi connectivity index (χ2v) is 10.1. The quantitative estimate of drug-likeness (QED) is 0.410. The molecule has 3 aromatic rings. The van der Waals surface area contributed by atoms with Gasteiger partial charge in [0.15, 0.2) is 17.3 Å². The van der Waals surface area contributed by atoms with Crippen molar-refractivity contribution in [3.05, 3.63) is 47.5 Å². The first kappa shape index (κ1) is 26.4. The Labute approximate surface area is 225 Å². The van der Waals surface area contributed by atoms with Crippen LogP contribution < -0.4 is 20.1 Å². The number of hydrogen-bond acceptors (Lipinski definition) is 8. The Hall–Kier alpha value is -3.21.